The number of hydrogen-bond acceptors (Lipinski definition) is 7. The van der Waals surface area contributed by atoms with Crippen molar-refractivity contribution in [3.8, 4) is 27.3 Å². The summed E-state index contributed by atoms with van der Waals surface area (Å²) in [5.74, 6) is 1.56. The monoisotopic (exact) mass is 457 g/mol. The summed E-state index contributed by atoms with van der Waals surface area (Å²) in [5.41, 5.74) is 3.78. The molecule has 0 saturated carbocycles. The van der Waals surface area contributed by atoms with Crippen molar-refractivity contribution in [1.82, 2.24) is 9.88 Å². The Morgan fingerprint density at radius 3 is 2.84 bits per heavy atom. The van der Waals surface area contributed by atoms with E-state index in [0.29, 0.717) is 37.6 Å². The summed E-state index contributed by atoms with van der Waals surface area (Å²) in [7, 11) is 0. The Kier molecular flexibility index (Phi) is 5.86. The van der Waals surface area contributed by atoms with E-state index in [2.05, 4.69) is 21.7 Å². The van der Waals surface area contributed by atoms with Crippen LogP contribution in [0.2, 0.25) is 5.02 Å². The highest BCUT2D eigenvalue weighted by molar-refractivity contribution is 7.14. The molecule has 0 bridgehead atoms. The van der Waals surface area contributed by atoms with Crippen molar-refractivity contribution in [2.45, 2.75) is 25.2 Å². The molecule has 6 nitrogen and oxygen atoms in total. The number of nitrogens with zero attached hydrogens (tertiary/aromatic N) is 2. The molecule has 1 unspecified atom stereocenters. The molecule has 4 heterocycles. The van der Waals surface area contributed by atoms with Crippen LogP contribution >= 0.6 is 22.9 Å². The largest absolute Gasteiger partial charge is 0.487 e. The summed E-state index contributed by atoms with van der Waals surface area (Å²) in [6.07, 6.45) is 2.16. The van der Waals surface area contributed by atoms with Crippen LogP contribution in [-0.2, 0) is 0 Å². The van der Waals surface area contributed by atoms with Crippen molar-refractivity contribution in [3.63, 3.8) is 0 Å². The van der Waals surface area contributed by atoms with Gasteiger partial charge < -0.3 is 20.3 Å². The first kappa shape index (κ1) is 20.7. The van der Waals surface area contributed by atoms with Gasteiger partial charge in [-0.15, -0.1) is 11.3 Å². The lowest BCUT2D eigenvalue weighted by atomic mass is 10.0. The van der Waals surface area contributed by atoms with Crippen LogP contribution in [0.15, 0.2) is 41.9 Å². The molecule has 5 rings (SSSR count). The maximum absolute atomic E-state index is 10.7. The van der Waals surface area contributed by atoms with Crippen molar-refractivity contribution in [2.75, 3.05) is 31.6 Å². The first-order valence-corrected chi connectivity index (χ1v) is 11.7. The molecular weight excluding hydrogens is 434 g/mol. The van der Waals surface area contributed by atoms with Gasteiger partial charge in [-0.25, -0.2) is 4.98 Å². The minimum Gasteiger partial charge on any atom is -0.487 e. The Bertz CT molecular complexity index is 1080. The lowest BCUT2D eigenvalue weighted by Crippen LogP contribution is -2.38. The van der Waals surface area contributed by atoms with Gasteiger partial charge in [0.25, 0.3) is 0 Å². The molecule has 2 aliphatic rings. The molecule has 1 aromatic carbocycles. The number of likely N-dealkylation sites (tertiary alicyclic amines) is 1. The van der Waals surface area contributed by atoms with Crippen molar-refractivity contribution < 1.29 is 14.9 Å². The van der Waals surface area contributed by atoms with E-state index in [0.717, 1.165) is 45.2 Å². The first-order chi connectivity index (χ1) is 15.1. The molecule has 31 heavy (non-hydrogen) atoms. The molecule has 3 N–H and O–H groups in total. The fourth-order valence-corrected chi connectivity index (χ4v) is 5.42. The van der Waals surface area contributed by atoms with E-state index < -0.39 is 6.23 Å². The highest BCUT2D eigenvalue weighted by atomic mass is 35.5. The number of fused-ring (bicyclic) bond motifs is 1. The molecule has 1 atom stereocenters. The van der Waals surface area contributed by atoms with E-state index in [4.69, 9.17) is 16.3 Å². The minimum atomic E-state index is -0.717. The van der Waals surface area contributed by atoms with E-state index >= 15 is 0 Å². The number of hydrogen-bond donors (Lipinski definition) is 3. The Hall–Kier alpha value is -2.16. The fourth-order valence-electron chi connectivity index (χ4n) is 4.12. The van der Waals surface area contributed by atoms with Crippen LogP contribution in [0.5, 0.6) is 5.75 Å². The molecule has 1 saturated heterocycles. The predicted molar refractivity (Wildman–Crippen MR) is 124 cm³/mol. The zero-order chi connectivity index (χ0) is 21.4. The lowest BCUT2D eigenvalue weighted by molar-refractivity contribution is -0.0345. The standard InChI is InChI=1S/C23H24ClN3O3S/c24-19-11-14(23(29)27-8-4-16(28)5-9-27)1-2-18(19)20-12-15(13-31-20)17-3-6-25-22-21(17)30-10-7-26-22/h1-3,6,11-13,16,23,28-29H,4-5,7-10H2,(H,25,26). The number of anilines is 1. The van der Waals surface area contributed by atoms with E-state index in [1.807, 2.05) is 29.2 Å². The van der Waals surface area contributed by atoms with E-state index in [1.54, 1.807) is 17.5 Å². The van der Waals surface area contributed by atoms with Gasteiger partial charge in [0.15, 0.2) is 11.6 Å². The van der Waals surface area contributed by atoms with Crippen LogP contribution in [0.4, 0.5) is 5.82 Å². The number of nitrogens with one attached hydrogen (secondary N) is 1. The van der Waals surface area contributed by atoms with Gasteiger partial charge in [0.2, 0.25) is 0 Å². The number of piperidine rings is 1. The number of ether oxygens (including phenoxy) is 1. The zero-order valence-corrected chi connectivity index (χ0v) is 18.5. The average molecular weight is 458 g/mol. The number of aliphatic hydroxyl groups is 2. The number of halogens is 1. The van der Waals surface area contributed by atoms with E-state index in [9.17, 15) is 10.2 Å². The Morgan fingerprint density at radius 1 is 1.19 bits per heavy atom. The number of benzene rings is 1. The molecule has 0 radical (unpaired) electrons. The van der Waals surface area contributed by atoms with Gasteiger partial charge in [0.1, 0.15) is 12.8 Å². The van der Waals surface area contributed by atoms with Gasteiger partial charge in [-0.2, -0.15) is 0 Å². The number of thiophene rings is 1. The Balaban J connectivity index is 1.39. The summed E-state index contributed by atoms with van der Waals surface area (Å²) >= 11 is 8.26. The van der Waals surface area contributed by atoms with Crippen molar-refractivity contribution in [1.29, 1.82) is 0 Å². The molecule has 162 valence electrons. The topological polar surface area (TPSA) is 77.9 Å². The van der Waals surface area contributed by atoms with Gasteiger partial charge in [-0.3, -0.25) is 4.90 Å². The minimum absolute atomic E-state index is 0.269. The summed E-state index contributed by atoms with van der Waals surface area (Å²) in [5, 5.41) is 26.4. The predicted octanol–water partition coefficient (Wildman–Crippen LogP) is 4.38. The molecule has 0 aliphatic carbocycles. The van der Waals surface area contributed by atoms with E-state index in [-0.39, 0.29) is 6.10 Å². The second-order valence-corrected chi connectivity index (χ2v) is 9.21. The van der Waals surface area contributed by atoms with Crippen LogP contribution in [0.1, 0.15) is 24.6 Å². The van der Waals surface area contributed by atoms with Crippen molar-refractivity contribution >= 4 is 28.8 Å². The van der Waals surface area contributed by atoms with Gasteiger partial charge in [0.05, 0.1) is 12.6 Å². The summed E-state index contributed by atoms with van der Waals surface area (Å²) in [6.45, 7) is 2.71. The number of aliphatic hydroxyl groups excluding tert-OH is 2. The number of pyridine rings is 1. The third kappa shape index (κ3) is 4.16. The highest BCUT2D eigenvalue weighted by Crippen LogP contribution is 2.42. The number of rotatable bonds is 4. The normalized spacial score (nSPS) is 18.2. The van der Waals surface area contributed by atoms with Crippen LogP contribution in [-0.4, -0.2) is 52.4 Å². The van der Waals surface area contributed by atoms with Crippen LogP contribution in [0.25, 0.3) is 21.6 Å². The summed E-state index contributed by atoms with van der Waals surface area (Å²) in [4.78, 5) is 7.38. The Labute approximate surface area is 190 Å². The summed E-state index contributed by atoms with van der Waals surface area (Å²) in [6, 6.07) is 9.82. The fraction of sp³-hybridized carbons (Fsp3) is 0.348. The molecule has 8 heteroatoms. The molecule has 2 aliphatic heterocycles. The second-order valence-electron chi connectivity index (χ2n) is 7.89. The third-order valence-electron chi connectivity index (χ3n) is 5.86. The molecule has 0 spiro atoms. The van der Waals surface area contributed by atoms with Gasteiger partial charge in [0, 0.05) is 40.3 Å². The van der Waals surface area contributed by atoms with Crippen LogP contribution < -0.4 is 10.1 Å². The second kappa shape index (κ2) is 8.76. The van der Waals surface area contributed by atoms with Crippen molar-refractivity contribution in [3.05, 3.63) is 52.5 Å². The van der Waals surface area contributed by atoms with Gasteiger partial charge in [-0.1, -0.05) is 23.7 Å². The van der Waals surface area contributed by atoms with Crippen molar-refractivity contribution in [2.24, 2.45) is 0 Å². The lowest BCUT2D eigenvalue weighted by Gasteiger charge is -2.33. The average Bonchev–Trinajstić information content (AvgIpc) is 3.28. The smallest absolute Gasteiger partial charge is 0.169 e. The number of aromatic nitrogens is 1. The molecule has 1 fully saturated rings. The molecular formula is C23H24ClN3O3S. The summed E-state index contributed by atoms with van der Waals surface area (Å²) < 4.78 is 5.86. The zero-order valence-electron chi connectivity index (χ0n) is 16.9. The van der Waals surface area contributed by atoms with Gasteiger partial charge >= 0.3 is 0 Å². The van der Waals surface area contributed by atoms with Crippen LogP contribution in [0.3, 0.4) is 0 Å². The van der Waals surface area contributed by atoms with Crippen LogP contribution in [0, 0.1) is 0 Å². The molecule has 2 aromatic heterocycles. The quantitative estimate of drug-likeness (QED) is 0.539. The first-order valence-electron chi connectivity index (χ1n) is 10.4. The molecule has 3 aromatic rings. The molecule has 0 amide bonds. The highest BCUT2D eigenvalue weighted by Gasteiger charge is 2.24. The third-order valence-corrected chi connectivity index (χ3v) is 7.13. The maximum Gasteiger partial charge on any atom is 0.169 e. The van der Waals surface area contributed by atoms with Gasteiger partial charge in [-0.05, 0) is 47.5 Å². The SMILES string of the molecule is OC1CCN(C(O)c2ccc(-c3cc(-c4ccnc5c4OCCN5)cs3)c(Cl)c2)CC1. The Morgan fingerprint density at radius 2 is 2.03 bits per heavy atom. The maximum atomic E-state index is 10.7. The van der Waals surface area contributed by atoms with E-state index in [1.165, 1.54) is 0 Å².